The Morgan fingerprint density at radius 2 is 1.63 bits per heavy atom. The zero-order chi connectivity index (χ0) is 24.6. The number of halogens is 3. The smallest absolute Gasteiger partial charge is 0.417 e. The van der Waals surface area contributed by atoms with Crippen molar-refractivity contribution in [3.63, 3.8) is 0 Å². The van der Waals surface area contributed by atoms with Gasteiger partial charge >= 0.3 is 11.8 Å². The fraction of sp³-hybridized carbons (Fsp3) is 0.120. The number of ether oxygens (including phenoxy) is 2. The molecule has 0 aliphatic carbocycles. The summed E-state index contributed by atoms with van der Waals surface area (Å²) in [6, 6.07) is 17.8. The predicted molar refractivity (Wildman–Crippen MR) is 129 cm³/mol. The number of hydrogen-bond donors (Lipinski definition) is 2. The summed E-state index contributed by atoms with van der Waals surface area (Å²) in [5.41, 5.74) is 0.799. The molecule has 0 spiro atoms. The van der Waals surface area contributed by atoms with Crippen molar-refractivity contribution in [3.8, 4) is 11.5 Å². The van der Waals surface area contributed by atoms with Gasteiger partial charge in [-0.15, -0.1) is 0 Å². The number of alkyl halides is 3. The molecule has 5 rings (SSSR count). The fourth-order valence-electron chi connectivity index (χ4n) is 3.81. The molecule has 2 N–H and O–H groups in total. The average molecular weight is 498 g/mol. The van der Waals surface area contributed by atoms with Gasteiger partial charge in [0.2, 0.25) is 6.79 Å². The van der Waals surface area contributed by atoms with E-state index in [1.807, 2.05) is 42.5 Å². The first-order valence-corrected chi connectivity index (χ1v) is 10.9. The van der Waals surface area contributed by atoms with Gasteiger partial charge < -0.3 is 24.5 Å². The number of thiocarbonyl (C=S) groups is 1. The summed E-state index contributed by atoms with van der Waals surface area (Å²) in [6.07, 6.45) is -4.05. The molecule has 0 saturated carbocycles. The van der Waals surface area contributed by atoms with E-state index in [4.69, 9.17) is 26.1 Å². The molecule has 1 aromatic heterocycles. The molecule has 6 nitrogen and oxygen atoms in total. The number of nitrogens with one attached hydrogen (secondary N) is 2. The normalized spacial score (nSPS) is 12.5. The van der Waals surface area contributed by atoms with Crippen molar-refractivity contribution in [3.05, 3.63) is 93.8 Å². The maximum atomic E-state index is 13.4. The van der Waals surface area contributed by atoms with Gasteiger partial charge in [-0.1, -0.05) is 18.2 Å². The minimum atomic E-state index is -4.70. The molecule has 2 heterocycles. The monoisotopic (exact) mass is 498 g/mol. The topological polar surface area (TPSA) is 72.7 Å². The van der Waals surface area contributed by atoms with Crippen LogP contribution in [0.5, 0.6) is 11.5 Å². The molecule has 0 fully saturated rings. The molecule has 35 heavy (non-hydrogen) atoms. The van der Waals surface area contributed by atoms with E-state index in [0.717, 1.165) is 16.9 Å². The number of anilines is 2. The van der Waals surface area contributed by atoms with Crippen LogP contribution in [0.1, 0.15) is 16.7 Å². The lowest BCUT2D eigenvalue weighted by Gasteiger charge is -2.13. The van der Waals surface area contributed by atoms with Crippen molar-refractivity contribution in [2.24, 2.45) is 0 Å². The Kier molecular flexibility index (Phi) is 5.81. The van der Waals surface area contributed by atoms with Gasteiger partial charge in [-0.05, 0) is 72.2 Å². The van der Waals surface area contributed by atoms with Crippen molar-refractivity contribution < 1.29 is 27.1 Å². The van der Waals surface area contributed by atoms with Gasteiger partial charge in [-0.2, -0.15) is 13.2 Å². The summed E-state index contributed by atoms with van der Waals surface area (Å²) in [7, 11) is 0. The molecule has 0 atom stereocenters. The molecule has 3 aromatic carbocycles. The zero-order valence-electron chi connectivity index (χ0n) is 17.9. The highest BCUT2D eigenvalue weighted by Crippen LogP contribution is 2.35. The molecule has 178 valence electrons. The van der Waals surface area contributed by atoms with Crippen molar-refractivity contribution in [1.29, 1.82) is 0 Å². The van der Waals surface area contributed by atoms with E-state index in [1.165, 1.54) is 18.2 Å². The molecule has 0 unspecified atom stereocenters. The van der Waals surface area contributed by atoms with Crippen molar-refractivity contribution >= 4 is 39.7 Å². The molecular weight excluding hydrogens is 481 g/mol. The molecular formula is C25H17F3N2O4S. The van der Waals surface area contributed by atoms with Gasteiger partial charge in [0.25, 0.3) is 0 Å². The van der Waals surface area contributed by atoms with Crippen molar-refractivity contribution in [2.45, 2.75) is 12.6 Å². The lowest BCUT2D eigenvalue weighted by molar-refractivity contribution is -0.136. The Balaban J connectivity index is 1.31. The summed E-state index contributed by atoms with van der Waals surface area (Å²) in [6.45, 7) is 0.214. The predicted octanol–water partition coefficient (Wildman–Crippen LogP) is 5.94. The minimum absolute atomic E-state index is 0.162. The van der Waals surface area contributed by atoms with E-state index in [2.05, 4.69) is 10.6 Å². The second kappa shape index (κ2) is 8.95. The number of hydrogen-bond acceptors (Lipinski definition) is 5. The average Bonchev–Trinajstić information content (AvgIpc) is 3.26. The first kappa shape index (κ1) is 22.7. The molecule has 1 aliphatic rings. The van der Waals surface area contributed by atoms with Crippen molar-refractivity contribution in [2.75, 3.05) is 17.4 Å². The highest BCUT2D eigenvalue weighted by molar-refractivity contribution is 7.80. The summed E-state index contributed by atoms with van der Waals surface area (Å²) in [4.78, 5) is 11.5. The quantitative estimate of drug-likeness (QED) is 0.267. The largest absolute Gasteiger partial charge is 0.454 e. The Bertz CT molecular complexity index is 1500. The standard InChI is InChI=1S/C25H17F3N2O4S/c26-25(27,28)19-12-23(31)34-20-7-5-17(11-18(19)20)30-24(35)29-16-3-1-2-14(9-16)8-15-4-6-21-22(10-15)33-13-32-21/h1-7,9-12H,8,13H2,(H2,29,30,35). The van der Waals surface area contributed by atoms with Gasteiger partial charge in [-0.3, -0.25) is 0 Å². The Morgan fingerprint density at radius 1 is 0.886 bits per heavy atom. The van der Waals surface area contributed by atoms with Crippen LogP contribution in [0.25, 0.3) is 11.0 Å². The van der Waals surface area contributed by atoms with E-state index < -0.39 is 17.4 Å². The SMILES string of the molecule is O=c1cc(C(F)(F)F)c2cc(NC(=S)Nc3cccc(Cc4ccc5c(c4)OCO5)c3)ccc2o1. The van der Waals surface area contributed by atoms with Gasteiger partial charge in [0.1, 0.15) is 5.58 Å². The fourth-order valence-corrected chi connectivity index (χ4v) is 4.05. The van der Waals surface area contributed by atoms with Crippen LogP contribution in [-0.2, 0) is 12.6 Å². The highest BCUT2D eigenvalue weighted by atomic mass is 32.1. The summed E-state index contributed by atoms with van der Waals surface area (Å²) in [5.74, 6) is 1.43. The minimum Gasteiger partial charge on any atom is -0.454 e. The van der Waals surface area contributed by atoms with Crippen LogP contribution in [0.3, 0.4) is 0 Å². The zero-order valence-corrected chi connectivity index (χ0v) is 18.8. The van der Waals surface area contributed by atoms with Gasteiger partial charge in [-0.25, -0.2) is 4.79 Å². The number of rotatable bonds is 4. The third-order valence-electron chi connectivity index (χ3n) is 5.34. The highest BCUT2D eigenvalue weighted by Gasteiger charge is 2.34. The van der Waals surface area contributed by atoms with Crippen LogP contribution in [0.4, 0.5) is 24.5 Å². The number of fused-ring (bicyclic) bond motifs is 2. The molecule has 4 aromatic rings. The molecule has 0 amide bonds. The lowest BCUT2D eigenvalue weighted by Crippen LogP contribution is -2.19. The summed E-state index contributed by atoms with van der Waals surface area (Å²) >= 11 is 5.35. The van der Waals surface area contributed by atoms with Crippen molar-refractivity contribution in [1.82, 2.24) is 0 Å². The molecule has 10 heteroatoms. The lowest BCUT2D eigenvalue weighted by atomic mass is 10.0. The maximum absolute atomic E-state index is 13.4. The van der Waals surface area contributed by atoms with E-state index in [0.29, 0.717) is 29.6 Å². The number of benzene rings is 3. The summed E-state index contributed by atoms with van der Waals surface area (Å²) in [5, 5.41) is 5.87. The van der Waals surface area contributed by atoms with E-state index in [-0.39, 0.29) is 22.9 Å². The van der Waals surface area contributed by atoms with Crippen LogP contribution in [0.2, 0.25) is 0 Å². The third kappa shape index (κ3) is 5.07. The van der Waals surface area contributed by atoms with Gasteiger partial charge in [0, 0.05) is 22.8 Å². The van der Waals surface area contributed by atoms with E-state index in [1.54, 1.807) is 0 Å². The molecule has 1 aliphatic heterocycles. The summed E-state index contributed by atoms with van der Waals surface area (Å²) < 4.78 is 55.8. The first-order valence-electron chi connectivity index (χ1n) is 10.5. The van der Waals surface area contributed by atoms with E-state index in [9.17, 15) is 18.0 Å². The van der Waals surface area contributed by atoms with Crippen LogP contribution < -0.4 is 25.7 Å². The molecule has 0 saturated heterocycles. The Morgan fingerprint density at radius 3 is 2.43 bits per heavy atom. The third-order valence-corrected chi connectivity index (χ3v) is 5.54. The Hall–Kier alpha value is -4.05. The Labute approximate surface area is 202 Å². The maximum Gasteiger partial charge on any atom is 0.417 e. The van der Waals surface area contributed by atoms with Crippen LogP contribution in [-0.4, -0.2) is 11.9 Å². The van der Waals surface area contributed by atoms with Crippen LogP contribution in [0.15, 0.2) is 75.9 Å². The van der Waals surface area contributed by atoms with Crippen LogP contribution >= 0.6 is 12.2 Å². The van der Waals surface area contributed by atoms with E-state index >= 15 is 0 Å². The van der Waals surface area contributed by atoms with Gasteiger partial charge in [0.15, 0.2) is 16.6 Å². The first-order chi connectivity index (χ1) is 16.7. The van der Waals surface area contributed by atoms with Crippen LogP contribution in [0, 0.1) is 0 Å². The second-order valence-electron chi connectivity index (χ2n) is 7.83. The second-order valence-corrected chi connectivity index (χ2v) is 8.24. The molecule has 0 bridgehead atoms. The van der Waals surface area contributed by atoms with Gasteiger partial charge in [0.05, 0.1) is 5.56 Å². The molecule has 0 radical (unpaired) electrons.